The van der Waals surface area contributed by atoms with Crippen molar-refractivity contribution in [2.45, 2.75) is 45.8 Å². The van der Waals surface area contributed by atoms with E-state index in [0.717, 1.165) is 35.5 Å². The summed E-state index contributed by atoms with van der Waals surface area (Å²) in [6, 6.07) is 8.13. The molecule has 0 fully saturated rings. The van der Waals surface area contributed by atoms with Crippen LogP contribution in [0.1, 0.15) is 43.3 Å². The number of ether oxygens (including phenoxy) is 1. The lowest BCUT2D eigenvalue weighted by molar-refractivity contribution is 0.0220. The molecule has 0 aliphatic carbocycles. The maximum Gasteiger partial charge on any atom is 0.410 e. The highest BCUT2D eigenvalue weighted by Gasteiger charge is 2.26. The fraction of sp³-hybridized carbons (Fsp3) is 0.364. The van der Waals surface area contributed by atoms with Gasteiger partial charge < -0.3 is 19.9 Å². The molecule has 0 atom stereocenters. The number of nitrogens with one attached hydrogen (secondary N) is 2. The number of rotatable bonds is 4. The number of aromatic nitrogens is 4. The number of anilines is 2. The zero-order valence-corrected chi connectivity index (χ0v) is 17.5. The van der Waals surface area contributed by atoms with Gasteiger partial charge in [-0.15, -0.1) is 0 Å². The molecule has 1 aliphatic rings. The van der Waals surface area contributed by atoms with Gasteiger partial charge in [-0.3, -0.25) is 0 Å². The average Bonchev–Trinajstić information content (AvgIpc) is 3.21. The highest BCUT2D eigenvalue weighted by atomic mass is 16.6. The summed E-state index contributed by atoms with van der Waals surface area (Å²) in [6.07, 6.45) is 6.56. The van der Waals surface area contributed by atoms with Crippen molar-refractivity contribution in [1.82, 2.24) is 24.8 Å². The molecule has 2 N–H and O–H groups in total. The Morgan fingerprint density at radius 2 is 2.03 bits per heavy atom. The number of hydrogen-bond donors (Lipinski definition) is 2. The second kappa shape index (κ2) is 8.14. The Morgan fingerprint density at radius 1 is 1.23 bits per heavy atom. The molecule has 3 aromatic rings. The van der Waals surface area contributed by atoms with Crippen molar-refractivity contribution < 1.29 is 9.53 Å². The van der Waals surface area contributed by atoms with Crippen molar-refractivity contribution in [3.63, 3.8) is 0 Å². The lowest BCUT2D eigenvalue weighted by atomic mass is 10.1. The Kier molecular flexibility index (Phi) is 5.39. The first-order valence-corrected chi connectivity index (χ1v) is 10.0. The number of fused-ring (bicyclic) bond motifs is 1. The molecule has 0 unspecified atom stereocenters. The first-order chi connectivity index (χ1) is 14.4. The van der Waals surface area contributed by atoms with E-state index in [1.165, 1.54) is 5.56 Å². The van der Waals surface area contributed by atoms with E-state index in [4.69, 9.17) is 4.74 Å². The molecule has 4 rings (SSSR count). The van der Waals surface area contributed by atoms with Gasteiger partial charge in [0.15, 0.2) is 0 Å². The molecular weight excluding hydrogens is 380 g/mol. The smallest absolute Gasteiger partial charge is 0.410 e. The van der Waals surface area contributed by atoms with E-state index < -0.39 is 5.60 Å². The Labute approximate surface area is 175 Å². The fourth-order valence-electron chi connectivity index (χ4n) is 3.28. The van der Waals surface area contributed by atoms with E-state index in [1.807, 2.05) is 45.3 Å². The van der Waals surface area contributed by atoms with Crippen LogP contribution in [0.4, 0.5) is 16.4 Å². The molecule has 1 aliphatic heterocycles. The van der Waals surface area contributed by atoms with Crippen LogP contribution in [0.5, 0.6) is 0 Å². The number of carbonyl (C=O) groups is 1. The van der Waals surface area contributed by atoms with Gasteiger partial charge in [-0.25, -0.2) is 19.7 Å². The minimum atomic E-state index is -0.515. The van der Waals surface area contributed by atoms with Gasteiger partial charge in [-0.1, -0.05) is 12.1 Å². The molecule has 0 radical (unpaired) electrons. The zero-order valence-electron chi connectivity index (χ0n) is 17.5. The minimum Gasteiger partial charge on any atom is -0.444 e. The Morgan fingerprint density at radius 3 is 2.73 bits per heavy atom. The van der Waals surface area contributed by atoms with E-state index in [1.54, 1.807) is 11.2 Å². The molecule has 1 aromatic carbocycles. The molecule has 8 heteroatoms. The van der Waals surface area contributed by atoms with Crippen LogP contribution >= 0.6 is 0 Å². The maximum atomic E-state index is 12.4. The van der Waals surface area contributed by atoms with Gasteiger partial charge in [0, 0.05) is 36.7 Å². The number of hydrogen-bond acceptors (Lipinski definition) is 6. The summed E-state index contributed by atoms with van der Waals surface area (Å²) >= 11 is 0. The van der Waals surface area contributed by atoms with Crippen LogP contribution in [-0.2, 0) is 24.1 Å². The molecule has 0 bridgehead atoms. The Hall–Kier alpha value is -3.42. The van der Waals surface area contributed by atoms with E-state index >= 15 is 0 Å². The summed E-state index contributed by atoms with van der Waals surface area (Å²) in [5, 5.41) is 3.25. The van der Waals surface area contributed by atoms with Crippen molar-refractivity contribution in [1.29, 1.82) is 0 Å². The summed E-state index contributed by atoms with van der Waals surface area (Å²) in [4.78, 5) is 30.3. The van der Waals surface area contributed by atoms with Gasteiger partial charge in [-0.2, -0.15) is 0 Å². The number of imidazole rings is 1. The van der Waals surface area contributed by atoms with Crippen molar-refractivity contribution >= 4 is 17.7 Å². The van der Waals surface area contributed by atoms with E-state index in [2.05, 4.69) is 37.4 Å². The fourth-order valence-corrected chi connectivity index (χ4v) is 3.28. The van der Waals surface area contributed by atoms with Crippen LogP contribution in [0.15, 0.2) is 43.0 Å². The second-order valence-electron chi connectivity index (χ2n) is 8.39. The monoisotopic (exact) mass is 406 g/mol. The summed E-state index contributed by atoms with van der Waals surface area (Å²) in [6.45, 7) is 6.63. The van der Waals surface area contributed by atoms with Gasteiger partial charge in [0.25, 0.3) is 0 Å². The van der Waals surface area contributed by atoms with Crippen LogP contribution in [0.2, 0.25) is 0 Å². The number of H-pyrrole nitrogens is 1. The third kappa shape index (κ3) is 4.94. The molecular formula is C22H26N6O2. The molecule has 0 saturated carbocycles. The largest absolute Gasteiger partial charge is 0.444 e. The van der Waals surface area contributed by atoms with Gasteiger partial charge in [0.05, 0.1) is 18.6 Å². The quantitative estimate of drug-likeness (QED) is 0.684. The molecule has 0 spiro atoms. The molecule has 30 heavy (non-hydrogen) atoms. The standard InChI is InChI=1S/C22H26N6O2/c1-22(2,3)30-21(29)28-9-8-16-11-24-20(27-19(16)13-28)26-17-6-4-15(5-7-17)10-18-12-23-14-25-18/h4-7,11-12,14H,8-10,13H2,1-3H3,(H,23,25)(H,24,26,27). The van der Waals surface area contributed by atoms with Crippen LogP contribution in [0, 0.1) is 0 Å². The molecule has 8 nitrogen and oxygen atoms in total. The third-order valence-electron chi connectivity index (χ3n) is 4.76. The maximum absolute atomic E-state index is 12.4. The topological polar surface area (TPSA) is 96.0 Å². The van der Waals surface area contributed by atoms with Crippen LogP contribution < -0.4 is 5.32 Å². The molecule has 156 valence electrons. The molecule has 3 heterocycles. The van der Waals surface area contributed by atoms with E-state index in [0.29, 0.717) is 19.0 Å². The number of benzene rings is 1. The normalized spacial score (nSPS) is 13.6. The van der Waals surface area contributed by atoms with Gasteiger partial charge in [0.2, 0.25) is 5.95 Å². The summed E-state index contributed by atoms with van der Waals surface area (Å²) < 4.78 is 5.49. The first-order valence-electron chi connectivity index (χ1n) is 10.0. The molecule has 1 amide bonds. The number of nitrogens with zero attached hydrogens (tertiary/aromatic N) is 4. The van der Waals surface area contributed by atoms with Crippen molar-refractivity contribution in [3.05, 3.63) is 65.5 Å². The summed E-state index contributed by atoms with van der Waals surface area (Å²) in [5.41, 5.74) is 4.56. The highest BCUT2D eigenvalue weighted by molar-refractivity contribution is 5.68. The Bertz CT molecular complexity index is 1010. The summed E-state index contributed by atoms with van der Waals surface area (Å²) in [7, 11) is 0. The van der Waals surface area contributed by atoms with Crippen molar-refractivity contribution in [2.75, 3.05) is 11.9 Å². The predicted molar refractivity (Wildman–Crippen MR) is 113 cm³/mol. The lowest BCUT2D eigenvalue weighted by Gasteiger charge is -2.30. The van der Waals surface area contributed by atoms with Crippen LogP contribution in [0.25, 0.3) is 0 Å². The van der Waals surface area contributed by atoms with Gasteiger partial charge in [0.1, 0.15) is 5.60 Å². The minimum absolute atomic E-state index is 0.311. The zero-order chi connectivity index (χ0) is 21.1. The Balaban J connectivity index is 1.42. The SMILES string of the molecule is CC(C)(C)OC(=O)N1CCc2cnc(Nc3ccc(Cc4cnc[nH]4)cc3)nc2C1. The first kappa shape index (κ1) is 19.9. The van der Waals surface area contributed by atoms with Crippen molar-refractivity contribution in [3.8, 4) is 0 Å². The number of aromatic amines is 1. The van der Waals surface area contributed by atoms with E-state index in [9.17, 15) is 4.79 Å². The second-order valence-corrected chi connectivity index (χ2v) is 8.39. The van der Waals surface area contributed by atoms with Crippen molar-refractivity contribution in [2.24, 2.45) is 0 Å². The van der Waals surface area contributed by atoms with Crippen LogP contribution in [-0.4, -0.2) is 43.1 Å². The molecule has 2 aromatic heterocycles. The van der Waals surface area contributed by atoms with Gasteiger partial charge >= 0.3 is 6.09 Å². The predicted octanol–water partition coefficient (Wildman–Crippen LogP) is 3.83. The lowest BCUT2D eigenvalue weighted by Crippen LogP contribution is -2.40. The summed E-state index contributed by atoms with van der Waals surface area (Å²) in [5.74, 6) is 0.515. The number of amides is 1. The van der Waals surface area contributed by atoms with E-state index in [-0.39, 0.29) is 6.09 Å². The van der Waals surface area contributed by atoms with Gasteiger partial charge in [-0.05, 0) is 50.5 Å². The highest BCUT2D eigenvalue weighted by Crippen LogP contribution is 2.22. The average molecular weight is 406 g/mol. The molecule has 0 saturated heterocycles. The third-order valence-corrected chi connectivity index (χ3v) is 4.76. The van der Waals surface area contributed by atoms with Crippen LogP contribution in [0.3, 0.4) is 0 Å². The number of carbonyl (C=O) groups excluding carboxylic acids is 1.